The number of sulfonamides is 1. The van der Waals surface area contributed by atoms with Gasteiger partial charge in [-0.25, -0.2) is 17.8 Å². The zero-order valence-corrected chi connectivity index (χ0v) is 25.2. The quantitative estimate of drug-likeness (QED) is 0.190. The molecule has 12 nitrogen and oxygen atoms in total. The highest BCUT2D eigenvalue weighted by Crippen LogP contribution is 2.38. The van der Waals surface area contributed by atoms with Crippen molar-refractivity contribution in [2.45, 2.75) is 13.3 Å². The van der Waals surface area contributed by atoms with Crippen LogP contribution in [-0.4, -0.2) is 76.3 Å². The summed E-state index contributed by atoms with van der Waals surface area (Å²) in [7, 11) is 3.69. The van der Waals surface area contributed by atoms with Gasteiger partial charge in [0.2, 0.25) is 21.9 Å². The van der Waals surface area contributed by atoms with Crippen molar-refractivity contribution < 1.29 is 22.3 Å². The Morgan fingerprint density at radius 3 is 2.40 bits per heavy atom. The first-order chi connectivity index (χ1) is 19.8. The minimum Gasteiger partial charge on any atom is -0.494 e. The molecular weight excluding hydrogens is 563 g/mol. The molecule has 42 heavy (non-hydrogen) atoms. The van der Waals surface area contributed by atoms with Crippen LogP contribution in [0.3, 0.4) is 0 Å². The molecule has 0 aliphatic carbocycles. The minimum atomic E-state index is -3.59. The monoisotopic (exact) mass is 600 g/mol. The van der Waals surface area contributed by atoms with Crippen LogP contribution in [0.25, 0.3) is 5.57 Å². The normalized spacial score (nSPS) is 11.2. The van der Waals surface area contributed by atoms with Crippen LogP contribution in [0.2, 0.25) is 0 Å². The van der Waals surface area contributed by atoms with E-state index in [0.717, 1.165) is 12.7 Å². The average Bonchev–Trinajstić information content (AvgIpc) is 2.93. The molecular formula is C28H37FN8O4S. The van der Waals surface area contributed by atoms with Gasteiger partial charge in [-0.2, -0.15) is 4.98 Å². The Morgan fingerprint density at radius 1 is 1.10 bits per heavy atom. The summed E-state index contributed by atoms with van der Waals surface area (Å²) >= 11 is 0. The lowest BCUT2D eigenvalue weighted by Gasteiger charge is -2.26. The molecule has 0 aliphatic heterocycles. The number of rotatable bonds is 15. The number of anilines is 6. The van der Waals surface area contributed by atoms with Crippen molar-refractivity contribution >= 4 is 56.0 Å². The molecule has 14 heteroatoms. The Bertz CT molecular complexity index is 1550. The van der Waals surface area contributed by atoms with Crippen LogP contribution < -0.4 is 30.7 Å². The number of hydrogen-bond donors (Lipinski definition) is 4. The van der Waals surface area contributed by atoms with Crippen LogP contribution in [0.4, 0.5) is 38.9 Å². The standard InChI is InChI=1S/C28H37FN8O4S/c1-7-14-42(39,40)35-22-11-9-8-10-21(22)32-27-20(29)17-31-28(34-27)33-23-15-19(18(2)26(30)38)24(16-25(23)41-6)37(5)13-12-36(3)4/h8-11,15-17,35H,2,7,12-14H2,1,3-6H3,(H2,30,38)(H2,31,32,33,34). The maximum atomic E-state index is 14.8. The highest BCUT2D eigenvalue weighted by molar-refractivity contribution is 7.92. The first-order valence-electron chi connectivity index (χ1n) is 13.1. The molecule has 226 valence electrons. The fourth-order valence-corrected chi connectivity index (χ4v) is 5.08. The largest absolute Gasteiger partial charge is 0.494 e. The lowest BCUT2D eigenvalue weighted by Crippen LogP contribution is -2.29. The number of carbonyl (C=O) groups excluding carboxylic acids is 1. The summed E-state index contributed by atoms with van der Waals surface area (Å²) in [6.45, 7) is 7.02. The van der Waals surface area contributed by atoms with Gasteiger partial charge < -0.3 is 30.9 Å². The van der Waals surface area contributed by atoms with Crippen molar-refractivity contribution in [3.8, 4) is 5.75 Å². The van der Waals surface area contributed by atoms with E-state index in [0.29, 0.717) is 41.3 Å². The first kappa shape index (κ1) is 32.1. The number of amides is 1. The molecule has 3 rings (SSSR count). The van der Waals surface area contributed by atoms with Crippen LogP contribution in [0.15, 0.2) is 49.2 Å². The Morgan fingerprint density at radius 2 is 1.79 bits per heavy atom. The number of carbonyl (C=O) groups is 1. The summed E-state index contributed by atoms with van der Waals surface area (Å²) < 4.78 is 47.6. The minimum absolute atomic E-state index is 0.00518. The number of nitrogens with zero attached hydrogens (tertiary/aromatic N) is 4. The van der Waals surface area contributed by atoms with E-state index in [1.807, 2.05) is 30.9 Å². The SMILES string of the molecule is C=C(C(N)=O)c1cc(Nc2ncc(F)c(Nc3ccccc3NS(=O)(=O)CCC)n2)c(OC)cc1N(C)CCN(C)C. The van der Waals surface area contributed by atoms with Gasteiger partial charge in [0.15, 0.2) is 11.6 Å². The van der Waals surface area contributed by atoms with E-state index in [4.69, 9.17) is 10.5 Å². The van der Waals surface area contributed by atoms with E-state index < -0.39 is 21.7 Å². The molecule has 0 bridgehead atoms. The van der Waals surface area contributed by atoms with Crippen LogP contribution in [0.1, 0.15) is 18.9 Å². The van der Waals surface area contributed by atoms with Crippen LogP contribution in [0.5, 0.6) is 5.75 Å². The van der Waals surface area contributed by atoms with Gasteiger partial charge in [0, 0.05) is 43.0 Å². The molecule has 0 atom stereocenters. The van der Waals surface area contributed by atoms with E-state index >= 15 is 0 Å². The molecule has 0 spiro atoms. The maximum Gasteiger partial charge on any atom is 0.248 e. The second-order valence-electron chi connectivity index (χ2n) is 9.74. The molecule has 0 radical (unpaired) electrons. The second kappa shape index (κ2) is 14.0. The topological polar surface area (TPSA) is 155 Å². The summed E-state index contributed by atoms with van der Waals surface area (Å²) in [6, 6.07) is 9.86. The summed E-state index contributed by atoms with van der Waals surface area (Å²) in [5.41, 5.74) is 7.73. The molecule has 0 aliphatic rings. The maximum absolute atomic E-state index is 14.8. The van der Waals surface area contributed by atoms with Crippen molar-refractivity contribution in [3.63, 3.8) is 0 Å². The summed E-state index contributed by atoms with van der Waals surface area (Å²) in [5.74, 6) is -1.31. The molecule has 2 aromatic carbocycles. The molecule has 1 amide bonds. The predicted molar refractivity (Wildman–Crippen MR) is 166 cm³/mol. The number of nitrogens with one attached hydrogen (secondary N) is 3. The van der Waals surface area contributed by atoms with Gasteiger partial charge in [-0.1, -0.05) is 25.6 Å². The number of para-hydroxylation sites is 2. The van der Waals surface area contributed by atoms with Crippen molar-refractivity contribution in [3.05, 3.63) is 60.6 Å². The van der Waals surface area contributed by atoms with Gasteiger partial charge >= 0.3 is 0 Å². The van der Waals surface area contributed by atoms with Gasteiger partial charge in [-0.3, -0.25) is 9.52 Å². The fourth-order valence-electron chi connectivity index (χ4n) is 3.93. The third-order valence-electron chi connectivity index (χ3n) is 6.14. The predicted octanol–water partition coefficient (Wildman–Crippen LogP) is 3.76. The Labute approximate surface area is 245 Å². The summed E-state index contributed by atoms with van der Waals surface area (Å²) in [6.07, 6.45) is 1.41. The number of halogens is 1. The lowest BCUT2D eigenvalue weighted by molar-refractivity contribution is -0.112. The van der Waals surface area contributed by atoms with Crippen LogP contribution in [-0.2, 0) is 14.8 Å². The van der Waals surface area contributed by atoms with Crippen molar-refractivity contribution in [2.75, 3.05) is 67.4 Å². The number of benzene rings is 2. The second-order valence-corrected chi connectivity index (χ2v) is 11.6. The van der Waals surface area contributed by atoms with Crippen molar-refractivity contribution in [2.24, 2.45) is 5.73 Å². The first-order valence-corrected chi connectivity index (χ1v) is 14.7. The third kappa shape index (κ3) is 8.30. The van der Waals surface area contributed by atoms with Gasteiger partial charge in [0.1, 0.15) is 5.75 Å². The fraction of sp³-hybridized carbons (Fsp3) is 0.321. The number of aromatic nitrogens is 2. The van der Waals surface area contributed by atoms with Crippen LogP contribution >= 0.6 is 0 Å². The van der Waals surface area contributed by atoms with E-state index in [9.17, 15) is 17.6 Å². The Hall–Kier alpha value is -4.43. The van der Waals surface area contributed by atoms with Crippen molar-refractivity contribution in [1.29, 1.82) is 0 Å². The van der Waals surface area contributed by atoms with Crippen LogP contribution in [0, 0.1) is 5.82 Å². The average molecular weight is 601 g/mol. The number of nitrogens with two attached hydrogens (primary N) is 1. The van der Waals surface area contributed by atoms with Gasteiger partial charge in [-0.05, 0) is 38.7 Å². The Kier molecular flexibility index (Phi) is 10.7. The molecule has 3 aromatic rings. The molecule has 1 heterocycles. The third-order valence-corrected chi connectivity index (χ3v) is 7.62. The number of likely N-dealkylation sites (N-methyl/N-ethyl adjacent to an activating group) is 2. The zero-order chi connectivity index (χ0) is 31.0. The molecule has 0 fully saturated rings. The molecule has 5 N–H and O–H groups in total. The van der Waals surface area contributed by atoms with Gasteiger partial charge in [-0.15, -0.1) is 0 Å². The Balaban J connectivity index is 1.98. The smallest absolute Gasteiger partial charge is 0.248 e. The summed E-state index contributed by atoms with van der Waals surface area (Å²) in [5, 5.41) is 5.85. The molecule has 0 saturated carbocycles. The molecule has 1 aromatic heterocycles. The lowest BCUT2D eigenvalue weighted by atomic mass is 10.0. The van der Waals surface area contributed by atoms with E-state index in [1.165, 1.54) is 7.11 Å². The number of primary amides is 1. The number of ether oxygens (including phenoxy) is 1. The highest BCUT2D eigenvalue weighted by atomic mass is 32.2. The van der Waals surface area contributed by atoms with Crippen molar-refractivity contribution in [1.82, 2.24) is 14.9 Å². The van der Waals surface area contributed by atoms with E-state index in [2.05, 4.69) is 31.9 Å². The highest BCUT2D eigenvalue weighted by Gasteiger charge is 2.20. The van der Waals surface area contributed by atoms with E-state index in [-0.39, 0.29) is 28.8 Å². The molecule has 0 unspecified atom stereocenters. The van der Waals surface area contributed by atoms with Gasteiger partial charge in [0.05, 0.1) is 36.1 Å². The summed E-state index contributed by atoms with van der Waals surface area (Å²) in [4.78, 5) is 24.4. The zero-order valence-electron chi connectivity index (χ0n) is 24.4. The van der Waals surface area contributed by atoms with Gasteiger partial charge in [0.25, 0.3) is 0 Å². The van der Waals surface area contributed by atoms with E-state index in [1.54, 1.807) is 43.3 Å². The molecule has 0 saturated heterocycles. The number of methoxy groups -OCH3 is 1. The number of hydrogen-bond acceptors (Lipinski definition) is 10.